The van der Waals surface area contributed by atoms with Gasteiger partial charge in [-0.2, -0.15) is 0 Å². The molecule has 0 saturated carbocycles. The van der Waals surface area contributed by atoms with E-state index in [1.165, 1.54) is 12.1 Å². The number of rotatable bonds is 3. The van der Waals surface area contributed by atoms with Gasteiger partial charge in [0.2, 0.25) is 0 Å². The Labute approximate surface area is 107 Å². The second-order valence-corrected chi connectivity index (χ2v) is 6.74. The first-order chi connectivity index (χ1) is 8.46. The number of nitrogens with zero attached hydrogens (tertiary/aromatic N) is 2. The third kappa shape index (κ3) is 3.42. The lowest BCUT2D eigenvalue weighted by Gasteiger charge is -2.51. The average molecular weight is 271 g/mol. The van der Waals surface area contributed by atoms with Crippen molar-refractivity contribution < 1.29 is 14.0 Å². The Morgan fingerprint density at radius 1 is 1.28 bits per heavy atom. The van der Waals surface area contributed by atoms with Crippen molar-refractivity contribution >= 4 is 16.3 Å². The highest BCUT2D eigenvalue weighted by Crippen LogP contribution is 2.40. The number of hydrogen-bond donors (Lipinski definition) is 1. The van der Waals surface area contributed by atoms with Crippen molar-refractivity contribution in [2.75, 3.05) is 24.6 Å². The van der Waals surface area contributed by atoms with Gasteiger partial charge in [-0.3, -0.25) is 15.0 Å². The molecule has 0 amide bonds. The lowest BCUT2D eigenvalue weighted by atomic mass is 10.2. The Morgan fingerprint density at radius 2 is 1.83 bits per heavy atom. The first kappa shape index (κ1) is 13.3. The lowest BCUT2D eigenvalue weighted by molar-refractivity contribution is -0.384. The Bertz CT molecular complexity index is 425. The van der Waals surface area contributed by atoms with E-state index in [0.29, 0.717) is 31.1 Å². The van der Waals surface area contributed by atoms with Crippen LogP contribution in [0.4, 0.5) is 5.69 Å². The van der Waals surface area contributed by atoms with E-state index in [1.807, 2.05) is 0 Å². The molecule has 1 aliphatic heterocycles. The van der Waals surface area contributed by atoms with Gasteiger partial charge in [-0.05, 0) is 5.56 Å². The minimum Gasteiger partial charge on any atom is -0.768 e. The Hall–Kier alpha value is -1.15. The topological polar surface area (TPSA) is 89.7 Å². The standard InChI is InChI=1S/C11H16N2O4S/c14-13(15)11-3-1-10(2-4-11)9-12-5-7-18(16,17)8-6-12/h1-4,16-17H,5-9H2/p-1. The maximum atomic E-state index is 11.4. The normalized spacial score (nSPS) is 21.4. The van der Waals surface area contributed by atoms with Gasteiger partial charge >= 0.3 is 0 Å². The van der Waals surface area contributed by atoms with Gasteiger partial charge in [0, 0.05) is 43.3 Å². The van der Waals surface area contributed by atoms with Crippen LogP contribution in [0.3, 0.4) is 0 Å². The molecule has 18 heavy (non-hydrogen) atoms. The zero-order chi connectivity index (χ0) is 13.2. The van der Waals surface area contributed by atoms with Crippen molar-refractivity contribution in [1.29, 1.82) is 0 Å². The van der Waals surface area contributed by atoms with Gasteiger partial charge in [0.05, 0.1) is 4.92 Å². The highest BCUT2D eigenvalue weighted by Gasteiger charge is 2.17. The third-order valence-corrected chi connectivity index (χ3v) is 4.65. The van der Waals surface area contributed by atoms with Gasteiger partial charge in [-0.15, -0.1) is 0 Å². The second kappa shape index (κ2) is 5.23. The smallest absolute Gasteiger partial charge is 0.269 e. The number of nitro groups is 1. The molecule has 7 heteroatoms. The summed E-state index contributed by atoms with van der Waals surface area (Å²) in [7, 11) is -2.61. The summed E-state index contributed by atoms with van der Waals surface area (Å²) >= 11 is 0. The largest absolute Gasteiger partial charge is 0.768 e. The molecule has 0 aliphatic carbocycles. The first-order valence-electron chi connectivity index (χ1n) is 5.64. The predicted octanol–water partition coefficient (Wildman–Crippen LogP) is 1.82. The molecule has 0 unspecified atom stereocenters. The number of hydrogen-bond acceptors (Lipinski definition) is 5. The molecule has 1 fully saturated rings. The van der Waals surface area contributed by atoms with E-state index in [4.69, 9.17) is 0 Å². The van der Waals surface area contributed by atoms with Crippen LogP contribution in [0, 0.1) is 10.1 Å². The Morgan fingerprint density at radius 3 is 2.33 bits per heavy atom. The number of nitro benzene ring substituents is 1. The highest BCUT2D eigenvalue weighted by atomic mass is 32.3. The minimum atomic E-state index is -2.61. The molecule has 1 saturated heterocycles. The zero-order valence-electron chi connectivity index (χ0n) is 9.82. The van der Waals surface area contributed by atoms with E-state index in [9.17, 15) is 19.2 Å². The van der Waals surface area contributed by atoms with Crippen molar-refractivity contribution in [2.45, 2.75) is 6.54 Å². The Kier molecular flexibility index (Phi) is 3.86. The monoisotopic (exact) mass is 271 g/mol. The molecule has 0 aromatic heterocycles. The molecular formula is C11H15N2O4S-. The van der Waals surface area contributed by atoms with Crippen molar-refractivity contribution in [3.05, 3.63) is 39.9 Å². The number of non-ortho nitro benzene ring substituents is 1. The van der Waals surface area contributed by atoms with Gasteiger partial charge in [-0.25, -0.2) is 0 Å². The minimum absolute atomic E-state index is 0.0794. The van der Waals surface area contributed by atoms with E-state index < -0.39 is 15.5 Å². The summed E-state index contributed by atoms with van der Waals surface area (Å²) in [6, 6.07) is 6.41. The van der Waals surface area contributed by atoms with Crippen LogP contribution in [0.1, 0.15) is 5.56 Å². The predicted molar refractivity (Wildman–Crippen MR) is 69.1 cm³/mol. The van der Waals surface area contributed by atoms with E-state index in [-0.39, 0.29) is 5.69 Å². The lowest BCUT2D eigenvalue weighted by Crippen LogP contribution is -2.37. The van der Waals surface area contributed by atoms with Crippen LogP contribution in [-0.2, 0) is 6.54 Å². The van der Waals surface area contributed by atoms with Crippen LogP contribution in [0.25, 0.3) is 0 Å². The van der Waals surface area contributed by atoms with E-state index in [1.54, 1.807) is 12.1 Å². The van der Waals surface area contributed by atoms with Crippen molar-refractivity contribution in [3.8, 4) is 0 Å². The van der Waals surface area contributed by atoms with Crippen LogP contribution in [0.2, 0.25) is 0 Å². The quantitative estimate of drug-likeness (QED) is 0.669. The van der Waals surface area contributed by atoms with E-state index in [2.05, 4.69) is 4.90 Å². The maximum Gasteiger partial charge on any atom is 0.269 e. The van der Waals surface area contributed by atoms with Gasteiger partial charge in [-0.1, -0.05) is 12.1 Å². The van der Waals surface area contributed by atoms with Gasteiger partial charge in [0.25, 0.3) is 5.69 Å². The summed E-state index contributed by atoms with van der Waals surface area (Å²) in [5.41, 5.74) is 1.06. The molecule has 0 spiro atoms. The van der Waals surface area contributed by atoms with Gasteiger partial charge in [0.15, 0.2) is 0 Å². The summed E-state index contributed by atoms with van der Waals surface area (Å²) < 4.78 is 20.8. The molecule has 1 aliphatic rings. The fourth-order valence-corrected chi connectivity index (χ4v) is 3.19. The molecular weight excluding hydrogens is 256 g/mol. The molecule has 1 heterocycles. The zero-order valence-corrected chi connectivity index (χ0v) is 10.6. The van der Waals surface area contributed by atoms with Crippen LogP contribution in [-0.4, -0.2) is 43.5 Å². The van der Waals surface area contributed by atoms with Crippen LogP contribution in [0.5, 0.6) is 0 Å². The molecule has 0 radical (unpaired) electrons. The summed E-state index contributed by atoms with van der Waals surface area (Å²) in [4.78, 5) is 12.2. The van der Waals surface area contributed by atoms with Crippen molar-refractivity contribution in [2.24, 2.45) is 0 Å². The summed E-state index contributed by atoms with van der Waals surface area (Å²) in [6.45, 7) is 1.84. The first-order valence-corrected chi connectivity index (χ1v) is 7.49. The number of benzene rings is 1. The molecule has 100 valence electrons. The van der Waals surface area contributed by atoms with Crippen molar-refractivity contribution in [3.63, 3.8) is 0 Å². The summed E-state index contributed by atoms with van der Waals surface area (Å²) in [5, 5.41) is 10.5. The van der Waals surface area contributed by atoms with Gasteiger partial charge < -0.3 is 19.7 Å². The van der Waals surface area contributed by atoms with E-state index in [0.717, 1.165) is 5.56 Å². The fourth-order valence-electron chi connectivity index (χ4n) is 1.90. The molecule has 6 nitrogen and oxygen atoms in total. The van der Waals surface area contributed by atoms with E-state index >= 15 is 0 Å². The second-order valence-electron chi connectivity index (χ2n) is 4.38. The molecule has 1 N–H and O–H groups in total. The average Bonchev–Trinajstić information content (AvgIpc) is 2.33. The van der Waals surface area contributed by atoms with Crippen LogP contribution >= 0.6 is 10.6 Å². The van der Waals surface area contributed by atoms with Gasteiger partial charge in [0.1, 0.15) is 0 Å². The SMILES string of the molecule is O=[N+]([O-])c1ccc(CN2CCS([O-])(O)CC2)cc1. The molecule has 0 bridgehead atoms. The van der Waals surface area contributed by atoms with Crippen LogP contribution < -0.4 is 0 Å². The summed E-state index contributed by atoms with van der Waals surface area (Å²) in [6.07, 6.45) is 0. The molecule has 2 rings (SSSR count). The molecule has 1 aromatic rings. The Balaban J connectivity index is 1.92. The third-order valence-electron chi connectivity index (χ3n) is 3.01. The maximum absolute atomic E-state index is 11.4. The van der Waals surface area contributed by atoms with Crippen LogP contribution in [0.15, 0.2) is 24.3 Å². The molecule has 0 atom stereocenters. The van der Waals surface area contributed by atoms with Crippen molar-refractivity contribution in [1.82, 2.24) is 4.90 Å². The molecule has 1 aromatic carbocycles. The summed E-state index contributed by atoms with van der Waals surface area (Å²) in [5.74, 6) is 0.611. The highest BCUT2D eigenvalue weighted by molar-refractivity contribution is 8.24. The fraction of sp³-hybridized carbons (Fsp3) is 0.455.